The van der Waals surface area contributed by atoms with Crippen LogP contribution < -0.4 is 14.8 Å². The maximum atomic E-state index is 13.4. The van der Waals surface area contributed by atoms with Crippen molar-refractivity contribution in [1.29, 1.82) is 0 Å². The molecule has 0 radical (unpaired) electrons. The summed E-state index contributed by atoms with van der Waals surface area (Å²) in [6.45, 7) is 8.09. The second kappa shape index (κ2) is 9.96. The van der Waals surface area contributed by atoms with Gasteiger partial charge < -0.3 is 4.74 Å². The lowest BCUT2D eigenvalue weighted by molar-refractivity contribution is 0.241. The zero-order chi connectivity index (χ0) is 27.1. The fraction of sp³-hybridized carbons (Fsp3) is 0.161. The van der Waals surface area contributed by atoms with Gasteiger partial charge in [-0.3, -0.25) is 4.79 Å². The summed E-state index contributed by atoms with van der Waals surface area (Å²) in [5, 5.41) is 9.42. The first kappa shape index (κ1) is 24.8. The normalized spacial score (nSPS) is 12.1. The van der Waals surface area contributed by atoms with Crippen LogP contribution in [0.2, 0.25) is 0 Å². The predicted octanol–water partition coefficient (Wildman–Crippen LogP) is 5.62. The smallest absolute Gasteiger partial charge is 0.291 e. The summed E-state index contributed by atoms with van der Waals surface area (Å²) >= 11 is 1.32. The predicted molar refractivity (Wildman–Crippen MR) is 156 cm³/mol. The molecule has 0 spiro atoms. The van der Waals surface area contributed by atoms with Gasteiger partial charge in [-0.1, -0.05) is 59.4 Å². The maximum Gasteiger partial charge on any atom is 0.291 e. The van der Waals surface area contributed by atoms with Crippen LogP contribution in [0.3, 0.4) is 0 Å². The summed E-state index contributed by atoms with van der Waals surface area (Å²) in [6.07, 6.45) is 3.92. The van der Waals surface area contributed by atoms with Crippen LogP contribution in [0.25, 0.3) is 39.4 Å². The fourth-order valence-corrected chi connectivity index (χ4v) is 5.31. The highest BCUT2D eigenvalue weighted by molar-refractivity contribution is 7.15. The van der Waals surface area contributed by atoms with Crippen LogP contribution in [-0.2, 0) is 0 Å². The van der Waals surface area contributed by atoms with Crippen molar-refractivity contribution in [1.82, 2.24) is 24.4 Å². The van der Waals surface area contributed by atoms with Gasteiger partial charge in [-0.05, 0) is 69.7 Å². The Morgan fingerprint density at radius 2 is 1.67 bits per heavy atom. The molecule has 3 aromatic carbocycles. The van der Waals surface area contributed by atoms with E-state index in [0.717, 1.165) is 44.9 Å². The molecule has 0 N–H and O–H groups in total. The number of fused-ring (bicyclic) bond motifs is 1. The van der Waals surface area contributed by atoms with Crippen molar-refractivity contribution in [3.8, 4) is 34.1 Å². The average molecular weight is 534 g/mol. The molecule has 0 unspecified atom stereocenters. The summed E-state index contributed by atoms with van der Waals surface area (Å²) in [6, 6.07) is 23.9. The summed E-state index contributed by atoms with van der Waals surface area (Å²) < 4.78 is 9.70. The molecule has 0 saturated carbocycles. The van der Waals surface area contributed by atoms with E-state index in [2.05, 4.69) is 16.1 Å². The number of nitrogens with zero attached hydrogens (tertiary/aromatic N) is 5. The molecule has 0 fully saturated rings. The van der Waals surface area contributed by atoms with E-state index in [1.807, 2.05) is 111 Å². The highest BCUT2D eigenvalue weighted by Crippen LogP contribution is 2.29. The Kier molecular flexibility index (Phi) is 6.32. The van der Waals surface area contributed by atoms with Crippen molar-refractivity contribution >= 4 is 22.4 Å². The number of rotatable bonds is 6. The molecule has 6 rings (SSSR count). The number of para-hydroxylation sites is 1. The number of thiazole rings is 1. The number of benzene rings is 3. The SMILES string of the molecule is Cc1ccc(-c2nc3s/c(=C/c4cn(-c5ccccc5)nc4-c4ccc(OC(C)C)c(C)c4)c(=O)n3n2)cc1. The van der Waals surface area contributed by atoms with E-state index in [-0.39, 0.29) is 11.7 Å². The third-order valence-corrected chi connectivity index (χ3v) is 7.31. The minimum atomic E-state index is -0.198. The van der Waals surface area contributed by atoms with Gasteiger partial charge in [0.1, 0.15) is 11.4 Å². The molecule has 3 heterocycles. The lowest BCUT2D eigenvalue weighted by atomic mass is 10.0. The van der Waals surface area contributed by atoms with E-state index in [1.165, 1.54) is 15.9 Å². The van der Waals surface area contributed by atoms with Gasteiger partial charge in [0.2, 0.25) is 4.96 Å². The Labute approximate surface area is 229 Å². The van der Waals surface area contributed by atoms with Crippen molar-refractivity contribution < 1.29 is 4.74 Å². The molecule has 0 aliphatic rings. The minimum absolute atomic E-state index is 0.0871. The number of ether oxygens (including phenoxy) is 1. The van der Waals surface area contributed by atoms with E-state index in [4.69, 9.17) is 9.84 Å². The van der Waals surface area contributed by atoms with Gasteiger partial charge in [-0.2, -0.15) is 14.6 Å². The van der Waals surface area contributed by atoms with Crippen LogP contribution in [-0.4, -0.2) is 30.5 Å². The molecule has 0 saturated heterocycles. The van der Waals surface area contributed by atoms with E-state index >= 15 is 0 Å². The van der Waals surface area contributed by atoms with Gasteiger partial charge >= 0.3 is 0 Å². The van der Waals surface area contributed by atoms with Crippen LogP contribution >= 0.6 is 11.3 Å². The van der Waals surface area contributed by atoms with Crippen molar-refractivity contribution in [2.45, 2.75) is 33.8 Å². The quantitative estimate of drug-likeness (QED) is 0.278. The van der Waals surface area contributed by atoms with Crippen LogP contribution in [0.5, 0.6) is 5.75 Å². The molecule has 0 aliphatic carbocycles. The van der Waals surface area contributed by atoms with Crippen LogP contribution in [0.1, 0.15) is 30.5 Å². The Hall–Kier alpha value is -4.56. The Morgan fingerprint density at radius 3 is 2.36 bits per heavy atom. The molecule has 194 valence electrons. The second-order valence-electron chi connectivity index (χ2n) is 9.77. The largest absolute Gasteiger partial charge is 0.491 e. The minimum Gasteiger partial charge on any atom is -0.491 e. The van der Waals surface area contributed by atoms with Crippen molar-refractivity contribution in [3.63, 3.8) is 0 Å². The van der Waals surface area contributed by atoms with Gasteiger partial charge in [-0.25, -0.2) is 4.68 Å². The lowest BCUT2D eigenvalue weighted by Gasteiger charge is -2.13. The van der Waals surface area contributed by atoms with Gasteiger partial charge in [0.15, 0.2) is 5.82 Å². The zero-order valence-electron chi connectivity index (χ0n) is 22.1. The third kappa shape index (κ3) is 4.86. The molecule has 3 aromatic heterocycles. The van der Waals surface area contributed by atoms with Crippen LogP contribution in [0, 0.1) is 13.8 Å². The van der Waals surface area contributed by atoms with E-state index < -0.39 is 0 Å². The molecule has 0 aliphatic heterocycles. The maximum absolute atomic E-state index is 13.4. The van der Waals surface area contributed by atoms with Crippen molar-refractivity contribution in [3.05, 3.63) is 111 Å². The highest BCUT2D eigenvalue weighted by atomic mass is 32.1. The number of aryl methyl sites for hydroxylation is 2. The lowest BCUT2D eigenvalue weighted by Crippen LogP contribution is -2.23. The average Bonchev–Trinajstić information content (AvgIpc) is 3.61. The molecule has 0 amide bonds. The Balaban J connectivity index is 1.46. The van der Waals surface area contributed by atoms with Gasteiger partial charge in [0, 0.05) is 22.9 Å². The molecule has 0 bridgehead atoms. The number of hydrogen-bond donors (Lipinski definition) is 0. The monoisotopic (exact) mass is 533 g/mol. The Morgan fingerprint density at radius 1 is 0.923 bits per heavy atom. The molecule has 7 nitrogen and oxygen atoms in total. The second-order valence-corrected chi connectivity index (χ2v) is 10.8. The topological polar surface area (TPSA) is 74.3 Å². The molecule has 8 heteroatoms. The molecule has 6 aromatic rings. The third-order valence-electron chi connectivity index (χ3n) is 6.35. The zero-order valence-corrected chi connectivity index (χ0v) is 22.9. The highest BCUT2D eigenvalue weighted by Gasteiger charge is 2.16. The van der Waals surface area contributed by atoms with Gasteiger partial charge in [0.25, 0.3) is 5.56 Å². The number of aromatic nitrogens is 5. The van der Waals surface area contributed by atoms with E-state index in [1.54, 1.807) is 0 Å². The first-order valence-corrected chi connectivity index (χ1v) is 13.6. The number of hydrogen-bond acceptors (Lipinski definition) is 6. The molecule has 0 atom stereocenters. The van der Waals surface area contributed by atoms with Gasteiger partial charge in [-0.15, -0.1) is 5.10 Å². The summed E-state index contributed by atoms with van der Waals surface area (Å²) in [5.74, 6) is 1.39. The molecule has 39 heavy (non-hydrogen) atoms. The first-order valence-electron chi connectivity index (χ1n) is 12.8. The molecular weight excluding hydrogens is 506 g/mol. The van der Waals surface area contributed by atoms with Crippen LogP contribution in [0.4, 0.5) is 0 Å². The Bertz CT molecular complexity index is 1900. The van der Waals surface area contributed by atoms with E-state index in [9.17, 15) is 4.79 Å². The summed E-state index contributed by atoms with van der Waals surface area (Å²) in [5.41, 5.74) is 6.34. The standard InChI is InChI=1S/C31H27N5O2S/c1-19(2)38-26-15-14-23(16-21(26)4)28-24(18-35(33-28)25-8-6-5-7-9-25)17-27-30(37)36-31(39-27)32-29(34-36)22-12-10-20(3)11-13-22/h5-19H,1-4H3/b27-17+. The van der Waals surface area contributed by atoms with Crippen molar-refractivity contribution in [2.75, 3.05) is 0 Å². The first-order chi connectivity index (χ1) is 18.9. The summed E-state index contributed by atoms with van der Waals surface area (Å²) in [4.78, 5) is 18.5. The van der Waals surface area contributed by atoms with E-state index in [0.29, 0.717) is 15.3 Å². The fourth-order valence-electron chi connectivity index (χ4n) is 4.41. The summed E-state index contributed by atoms with van der Waals surface area (Å²) in [7, 11) is 0. The van der Waals surface area contributed by atoms with Gasteiger partial charge in [0.05, 0.1) is 16.3 Å². The molecular formula is C31H27N5O2S. The van der Waals surface area contributed by atoms with Crippen LogP contribution in [0.15, 0.2) is 83.8 Å². The van der Waals surface area contributed by atoms with Crippen molar-refractivity contribution in [2.24, 2.45) is 0 Å².